The quantitative estimate of drug-likeness (QED) is 0.0806. The summed E-state index contributed by atoms with van der Waals surface area (Å²) in [5, 5.41) is 24.9. The number of amides is 1. The van der Waals surface area contributed by atoms with E-state index in [2.05, 4.69) is 21.0 Å². The molecule has 12 heteroatoms. The molecule has 0 bridgehead atoms. The van der Waals surface area contributed by atoms with Crippen LogP contribution in [0.15, 0.2) is 157 Å². The van der Waals surface area contributed by atoms with Gasteiger partial charge >= 0.3 is 0 Å². The number of aliphatic hydroxyl groups excluding tert-OH is 1. The number of piperidine rings is 1. The van der Waals surface area contributed by atoms with Crippen LogP contribution in [0.1, 0.15) is 70.6 Å². The van der Waals surface area contributed by atoms with Crippen LogP contribution in [0, 0.1) is 6.92 Å². The van der Waals surface area contributed by atoms with Gasteiger partial charge in [-0.15, -0.1) is 0 Å². The summed E-state index contributed by atoms with van der Waals surface area (Å²) in [6.45, 7) is 4.13. The number of aliphatic hydroxyl groups is 2. The van der Waals surface area contributed by atoms with Crippen LogP contribution < -0.4 is 10.0 Å². The van der Waals surface area contributed by atoms with Gasteiger partial charge in [-0.05, 0) is 102 Å². The number of aryl methyl sites for hydroxylation is 1. The molecule has 0 spiro atoms. The lowest BCUT2D eigenvalue weighted by Gasteiger charge is -2.42. The largest absolute Gasteiger partial charge is 0.392 e. The van der Waals surface area contributed by atoms with E-state index in [-0.39, 0.29) is 36.7 Å². The van der Waals surface area contributed by atoms with E-state index in [0.717, 1.165) is 50.1 Å². The van der Waals surface area contributed by atoms with Crippen molar-refractivity contribution in [1.82, 2.24) is 14.9 Å². The highest BCUT2D eigenvalue weighted by molar-refractivity contribution is 7.89. The summed E-state index contributed by atoms with van der Waals surface area (Å²) >= 11 is 6.13. The van der Waals surface area contributed by atoms with E-state index in [1.54, 1.807) is 12.1 Å². The van der Waals surface area contributed by atoms with Gasteiger partial charge in [0.05, 0.1) is 29.3 Å². The zero-order chi connectivity index (χ0) is 44.7. The normalized spacial score (nSPS) is 19.5. The number of carbonyl (C=O) groups excluding carboxylic acids is 1. The first-order valence-corrected chi connectivity index (χ1v) is 23.6. The summed E-state index contributed by atoms with van der Waals surface area (Å²) in [6.07, 6.45) is 0.931. The lowest BCUT2D eigenvalue weighted by Crippen LogP contribution is -2.47. The highest BCUT2D eigenvalue weighted by atomic mass is 35.5. The lowest BCUT2D eigenvalue weighted by atomic mass is 9.84. The van der Waals surface area contributed by atoms with Crippen LogP contribution in [0.25, 0.3) is 11.1 Å². The predicted octanol–water partition coefficient (Wildman–Crippen LogP) is 8.54. The van der Waals surface area contributed by atoms with Crippen LogP contribution >= 0.6 is 11.6 Å². The van der Waals surface area contributed by atoms with E-state index in [1.807, 2.05) is 128 Å². The molecule has 2 fully saturated rings. The van der Waals surface area contributed by atoms with Gasteiger partial charge in [-0.2, -0.15) is 4.72 Å². The molecule has 4 N–H and O–H groups in total. The Morgan fingerprint density at radius 3 is 2.16 bits per heavy atom. The standard InChI is InChI=1S/C52H54ClN3O7S/c1-36-13-23-47(24-14-36)64(60,61)55-48(30-37-7-3-2-4-8-37)50(58)54-33-39-9-5-10-41(29-39)42-11-6-12-43(31-42)51-62-46(32-49(63-51)40-17-15-38(35-57)16-18-40)34-56-27-25-52(59,26-28-56)44-19-21-45(53)22-20-44/h2-24,29,31,46,48-49,51,55,57,59H,25-28,30,32-35H2,1H3,(H,54,58)/t46-,48-,49+,51+/m1/s1. The average molecular weight is 901 g/mol. The zero-order valence-corrected chi connectivity index (χ0v) is 37.3. The van der Waals surface area contributed by atoms with Crippen molar-refractivity contribution >= 4 is 27.5 Å². The van der Waals surface area contributed by atoms with E-state index >= 15 is 0 Å². The van der Waals surface area contributed by atoms with Gasteiger partial charge in [-0.3, -0.25) is 4.79 Å². The second-order valence-electron chi connectivity index (χ2n) is 16.9. The van der Waals surface area contributed by atoms with Crippen LogP contribution in [-0.4, -0.2) is 61.2 Å². The molecule has 2 aliphatic heterocycles. The molecule has 8 rings (SSSR count). The van der Waals surface area contributed by atoms with Crippen molar-refractivity contribution in [3.05, 3.63) is 196 Å². The first-order valence-electron chi connectivity index (χ1n) is 21.7. The number of rotatable bonds is 15. The minimum Gasteiger partial charge on any atom is -0.392 e. The van der Waals surface area contributed by atoms with Crippen LogP contribution in [0.5, 0.6) is 0 Å². The van der Waals surface area contributed by atoms with Gasteiger partial charge in [-0.1, -0.05) is 132 Å². The number of benzene rings is 6. The second-order valence-corrected chi connectivity index (χ2v) is 19.1. The molecule has 6 aromatic rings. The fraction of sp³-hybridized carbons (Fsp3) is 0.288. The summed E-state index contributed by atoms with van der Waals surface area (Å²) in [4.78, 5) is 16.2. The van der Waals surface area contributed by atoms with Gasteiger partial charge < -0.3 is 29.9 Å². The van der Waals surface area contributed by atoms with Gasteiger partial charge in [0.1, 0.15) is 6.04 Å². The molecule has 6 aromatic carbocycles. The second kappa shape index (κ2) is 20.3. The molecule has 2 heterocycles. The third kappa shape index (κ3) is 11.4. The Morgan fingerprint density at radius 1 is 0.781 bits per heavy atom. The Balaban J connectivity index is 0.964. The smallest absolute Gasteiger partial charge is 0.241 e. The van der Waals surface area contributed by atoms with E-state index < -0.39 is 33.9 Å². The summed E-state index contributed by atoms with van der Waals surface area (Å²) in [5.74, 6) is -0.435. The van der Waals surface area contributed by atoms with E-state index in [4.69, 9.17) is 21.1 Å². The van der Waals surface area contributed by atoms with Crippen molar-refractivity contribution in [3.63, 3.8) is 0 Å². The Morgan fingerprint density at radius 2 is 1.45 bits per heavy atom. The molecule has 2 saturated heterocycles. The third-order valence-electron chi connectivity index (χ3n) is 12.3. The summed E-state index contributed by atoms with van der Waals surface area (Å²) in [7, 11) is -3.98. The highest BCUT2D eigenvalue weighted by Crippen LogP contribution is 2.40. The molecular formula is C52H54ClN3O7S. The Kier molecular flexibility index (Phi) is 14.4. The maximum absolute atomic E-state index is 13.8. The van der Waals surface area contributed by atoms with Crippen molar-refractivity contribution in [2.75, 3.05) is 19.6 Å². The molecule has 0 radical (unpaired) electrons. The maximum Gasteiger partial charge on any atom is 0.241 e. The Hall–Kier alpha value is -5.21. The van der Waals surface area contributed by atoms with Crippen molar-refractivity contribution < 1.29 is 32.9 Å². The Labute approximate surface area is 380 Å². The number of carbonyl (C=O) groups is 1. The molecular weight excluding hydrogens is 846 g/mol. The molecule has 4 atom stereocenters. The molecule has 332 valence electrons. The average Bonchev–Trinajstić information content (AvgIpc) is 3.32. The van der Waals surface area contributed by atoms with Crippen molar-refractivity contribution in [2.24, 2.45) is 0 Å². The van der Waals surface area contributed by atoms with E-state index in [9.17, 15) is 23.4 Å². The number of nitrogens with one attached hydrogen (secondary N) is 2. The summed E-state index contributed by atoms with van der Waals surface area (Å²) in [5.41, 5.74) is 7.14. The number of hydrogen-bond donors (Lipinski definition) is 4. The van der Waals surface area contributed by atoms with E-state index in [1.165, 1.54) is 12.1 Å². The van der Waals surface area contributed by atoms with Crippen molar-refractivity contribution in [2.45, 2.75) is 80.8 Å². The monoisotopic (exact) mass is 899 g/mol. The van der Waals surface area contributed by atoms with Crippen molar-refractivity contribution in [1.29, 1.82) is 0 Å². The van der Waals surface area contributed by atoms with Crippen LogP contribution in [-0.2, 0) is 49.5 Å². The first-order chi connectivity index (χ1) is 30.9. The summed E-state index contributed by atoms with van der Waals surface area (Å²) in [6, 6.07) is 46.1. The Bertz CT molecular complexity index is 2600. The predicted molar refractivity (Wildman–Crippen MR) is 249 cm³/mol. The topological polar surface area (TPSA) is 137 Å². The molecule has 0 unspecified atom stereocenters. The first kappa shape index (κ1) is 45.4. The molecule has 1 amide bonds. The van der Waals surface area contributed by atoms with Crippen molar-refractivity contribution in [3.8, 4) is 11.1 Å². The minimum absolute atomic E-state index is 0.0390. The molecule has 10 nitrogen and oxygen atoms in total. The van der Waals surface area contributed by atoms with Gasteiger partial charge in [0, 0.05) is 43.2 Å². The van der Waals surface area contributed by atoms with Crippen LogP contribution in [0.3, 0.4) is 0 Å². The highest BCUT2D eigenvalue weighted by Gasteiger charge is 2.37. The number of hydrogen-bond acceptors (Lipinski definition) is 8. The van der Waals surface area contributed by atoms with Gasteiger partial charge in [0.15, 0.2) is 6.29 Å². The SMILES string of the molecule is Cc1ccc(S(=O)(=O)N[C@H](Cc2ccccc2)C(=O)NCc2cccc(-c3cccc([C@H]4O[C@@H](CN5CCC(O)(c6ccc(Cl)cc6)CC5)C[C@@H](c5ccc(CO)cc5)O4)c3)c2)cc1. The fourth-order valence-corrected chi connectivity index (χ4v) is 9.85. The van der Waals surface area contributed by atoms with Gasteiger partial charge in [-0.25, -0.2) is 8.42 Å². The zero-order valence-electron chi connectivity index (χ0n) is 35.8. The maximum atomic E-state index is 13.8. The molecule has 0 aromatic heterocycles. The molecule has 64 heavy (non-hydrogen) atoms. The summed E-state index contributed by atoms with van der Waals surface area (Å²) < 4.78 is 43.0. The van der Waals surface area contributed by atoms with Crippen LogP contribution in [0.4, 0.5) is 0 Å². The van der Waals surface area contributed by atoms with Gasteiger partial charge in [0.2, 0.25) is 15.9 Å². The van der Waals surface area contributed by atoms with E-state index in [0.29, 0.717) is 43.9 Å². The third-order valence-corrected chi connectivity index (χ3v) is 14.0. The number of halogens is 1. The molecule has 0 aliphatic carbocycles. The number of nitrogens with zero attached hydrogens (tertiary/aromatic N) is 1. The fourth-order valence-electron chi connectivity index (χ4n) is 8.52. The minimum atomic E-state index is -3.98. The number of sulfonamides is 1. The lowest BCUT2D eigenvalue weighted by molar-refractivity contribution is -0.253. The number of likely N-dealkylation sites (tertiary alicyclic amines) is 1. The molecule has 2 aliphatic rings. The molecule has 0 saturated carbocycles. The number of ether oxygens (including phenoxy) is 2. The van der Waals surface area contributed by atoms with Gasteiger partial charge in [0.25, 0.3) is 0 Å². The van der Waals surface area contributed by atoms with Crippen LogP contribution in [0.2, 0.25) is 5.02 Å².